The summed E-state index contributed by atoms with van der Waals surface area (Å²) in [6, 6.07) is 1.09. The average molecular weight is 350 g/mol. The molecule has 1 fully saturated rings. The molecule has 0 spiro atoms. The summed E-state index contributed by atoms with van der Waals surface area (Å²) in [5.74, 6) is -0.634. The Kier molecular flexibility index (Phi) is 3.41. The number of aromatic nitrogens is 4. The van der Waals surface area contributed by atoms with Crippen molar-refractivity contribution in [3.05, 3.63) is 34.6 Å². The molecule has 1 aliphatic heterocycles. The van der Waals surface area contributed by atoms with E-state index in [0.29, 0.717) is 5.39 Å². The third-order valence-electron chi connectivity index (χ3n) is 4.58. The fraction of sp³-hybridized carbons (Fsp3) is 0.400. The molecule has 1 saturated heterocycles. The van der Waals surface area contributed by atoms with Gasteiger partial charge in [-0.15, -0.1) is 0 Å². The van der Waals surface area contributed by atoms with Gasteiger partial charge in [-0.25, -0.2) is 14.2 Å². The maximum atomic E-state index is 14.3. The van der Waals surface area contributed by atoms with Gasteiger partial charge in [0.1, 0.15) is 29.1 Å². The van der Waals surface area contributed by atoms with Crippen LogP contribution in [0, 0.1) is 5.82 Å². The second-order valence-electron chi connectivity index (χ2n) is 6.27. The summed E-state index contributed by atoms with van der Waals surface area (Å²) >= 11 is 0. The first-order valence-corrected chi connectivity index (χ1v) is 7.56. The summed E-state index contributed by atoms with van der Waals surface area (Å²) < 4.78 is 21.0. The van der Waals surface area contributed by atoms with Crippen molar-refractivity contribution in [2.24, 2.45) is 0 Å². The zero-order valence-electron chi connectivity index (χ0n) is 13.0. The van der Waals surface area contributed by atoms with Crippen molar-refractivity contribution in [1.82, 2.24) is 20.0 Å². The second kappa shape index (κ2) is 5.30. The number of aliphatic hydroxyl groups excluding tert-OH is 2. The summed E-state index contributed by atoms with van der Waals surface area (Å²) in [5.41, 5.74) is -2.12. The highest BCUT2D eigenvalue weighted by Gasteiger charge is 2.53. The Morgan fingerprint density at radius 2 is 2.24 bits per heavy atom. The molecule has 0 radical (unpaired) electrons. The molecular weight excluding hydrogens is 335 g/mol. The summed E-state index contributed by atoms with van der Waals surface area (Å²) in [7, 11) is 0. The molecule has 4 atom stereocenters. The molecule has 4 rings (SSSR count). The van der Waals surface area contributed by atoms with Crippen molar-refractivity contribution in [2.45, 2.75) is 31.0 Å². The topological polar surface area (TPSA) is 133 Å². The number of nitrogens with one attached hydrogen (secondary N) is 1. The predicted octanol–water partition coefficient (Wildman–Crippen LogP) is -0.587. The van der Waals surface area contributed by atoms with Crippen LogP contribution in [0.4, 0.5) is 4.39 Å². The number of rotatable bonds is 2. The van der Waals surface area contributed by atoms with Gasteiger partial charge in [0.2, 0.25) is 0 Å². The van der Waals surface area contributed by atoms with Crippen LogP contribution in [0.3, 0.4) is 0 Å². The summed E-state index contributed by atoms with van der Waals surface area (Å²) in [6.45, 7) is 0.832. The van der Waals surface area contributed by atoms with Crippen molar-refractivity contribution in [3.63, 3.8) is 0 Å². The fourth-order valence-electron chi connectivity index (χ4n) is 3.25. The lowest BCUT2D eigenvalue weighted by molar-refractivity contribution is -0.102. The first-order chi connectivity index (χ1) is 11.8. The van der Waals surface area contributed by atoms with E-state index >= 15 is 0 Å². The molecule has 0 unspecified atom stereocenters. The number of aromatic amines is 1. The normalized spacial score (nSPS) is 29.7. The fourth-order valence-corrected chi connectivity index (χ4v) is 3.25. The third kappa shape index (κ3) is 2.19. The summed E-state index contributed by atoms with van der Waals surface area (Å²) in [4.78, 5) is 11.9. The van der Waals surface area contributed by atoms with Crippen molar-refractivity contribution >= 4 is 21.7 Å². The van der Waals surface area contributed by atoms with Crippen molar-refractivity contribution in [1.29, 1.82) is 0 Å². The van der Waals surface area contributed by atoms with Crippen LogP contribution in [0.1, 0.15) is 13.2 Å². The van der Waals surface area contributed by atoms with Gasteiger partial charge in [0.15, 0.2) is 6.23 Å². The van der Waals surface area contributed by atoms with E-state index in [1.807, 2.05) is 0 Å². The standard InChI is InChI=1S/C15H15FN4O5/c1-15(24)12(22)10(5-21)25-14(15)20-4-7-8(16)2-6-11(7)9(19-20)3-17-18-13(6)23/h2-4,10,12,14,21-22,24H,5H2,1H3,(H,18,23)/t10-,12-,14-,15-/m1/s1. The number of ether oxygens (including phenoxy) is 1. The molecule has 0 amide bonds. The van der Waals surface area contributed by atoms with Crippen LogP contribution >= 0.6 is 0 Å². The van der Waals surface area contributed by atoms with E-state index in [1.165, 1.54) is 19.3 Å². The van der Waals surface area contributed by atoms with Crippen molar-refractivity contribution in [2.75, 3.05) is 6.61 Å². The van der Waals surface area contributed by atoms with Gasteiger partial charge in [-0.2, -0.15) is 10.2 Å². The predicted molar refractivity (Wildman–Crippen MR) is 83.2 cm³/mol. The molecule has 0 saturated carbocycles. The van der Waals surface area contributed by atoms with Crippen LogP contribution < -0.4 is 5.56 Å². The maximum absolute atomic E-state index is 14.3. The van der Waals surface area contributed by atoms with E-state index in [4.69, 9.17) is 4.74 Å². The van der Waals surface area contributed by atoms with Gasteiger partial charge in [-0.1, -0.05) is 0 Å². The highest BCUT2D eigenvalue weighted by Crippen LogP contribution is 2.38. The Morgan fingerprint density at radius 3 is 2.92 bits per heavy atom. The highest BCUT2D eigenvalue weighted by molar-refractivity contribution is 6.08. The molecule has 1 aliphatic rings. The van der Waals surface area contributed by atoms with Gasteiger partial charge in [0.05, 0.1) is 18.2 Å². The number of aliphatic hydroxyl groups is 3. The lowest BCUT2D eigenvalue weighted by atomic mass is 9.97. The van der Waals surface area contributed by atoms with Crippen LogP contribution in [-0.4, -0.2) is 59.7 Å². The highest BCUT2D eigenvalue weighted by atomic mass is 19.1. The minimum absolute atomic E-state index is 0.102. The Labute approximate surface area is 139 Å². The molecule has 25 heavy (non-hydrogen) atoms. The second-order valence-corrected chi connectivity index (χ2v) is 6.27. The number of nitrogens with zero attached hydrogens (tertiary/aromatic N) is 3. The van der Waals surface area contributed by atoms with E-state index in [0.717, 1.165) is 10.7 Å². The summed E-state index contributed by atoms with van der Waals surface area (Å²) in [6.07, 6.45) is -0.991. The number of H-pyrrole nitrogens is 1. The lowest BCUT2D eigenvalue weighted by Gasteiger charge is -2.27. The van der Waals surface area contributed by atoms with Gasteiger partial charge >= 0.3 is 0 Å². The Balaban J connectivity index is 1.98. The van der Waals surface area contributed by atoms with Crippen molar-refractivity contribution < 1.29 is 24.4 Å². The van der Waals surface area contributed by atoms with Crippen molar-refractivity contribution in [3.8, 4) is 0 Å². The molecule has 4 N–H and O–H groups in total. The monoisotopic (exact) mass is 350 g/mol. The van der Waals surface area contributed by atoms with Gasteiger partial charge < -0.3 is 20.1 Å². The maximum Gasteiger partial charge on any atom is 0.272 e. The van der Waals surface area contributed by atoms with Gasteiger partial charge in [-0.05, 0) is 13.0 Å². The Bertz CT molecular complexity index is 1030. The minimum Gasteiger partial charge on any atom is -0.394 e. The molecule has 10 heteroatoms. The number of halogens is 1. The van der Waals surface area contributed by atoms with Crippen LogP contribution in [0.25, 0.3) is 21.7 Å². The van der Waals surface area contributed by atoms with E-state index in [-0.39, 0.29) is 16.3 Å². The SMILES string of the molecule is C[C@@]1(O)[C@H](O)[C@@H](CO)O[C@H]1n1cc2c(F)cc3c(=O)[nH]ncc(n1)c23. The smallest absolute Gasteiger partial charge is 0.272 e. The summed E-state index contributed by atoms with van der Waals surface area (Å²) in [5, 5.41) is 40.7. The van der Waals surface area contributed by atoms with Crippen LogP contribution in [-0.2, 0) is 4.74 Å². The minimum atomic E-state index is -1.77. The molecule has 0 aliphatic carbocycles. The van der Waals surface area contributed by atoms with E-state index in [1.54, 1.807) is 0 Å². The number of hydrogen-bond acceptors (Lipinski definition) is 7. The largest absolute Gasteiger partial charge is 0.394 e. The average Bonchev–Trinajstić information content (AvgIpc) is 2.96. The molecule has 132 valence electrons. The molecule has 3 aromatic rings. The Morgan fingerprint density at radius 1 is 1.48 bits per heavy atom. The van der Waals surface area contributed by atoms with Gasteiger partial charge in [0, 0.05) is 17.0 Å². The molecular formula is C15H15FN4O5. The van der Waals surface area contributed by atoms with Gasteiger partial charge in [0.25, 0.3) is 5.56 Å². The van der Waals surface area contributed by atoms with Crippen LogP contribution in [0.5, 0.6) is 0 Å². The molecule has 0 bridgehead atoms. The number of hydrogen-bond donors (Lipinski definition) is 4. The Hall–Kier alpha value is -2.40. The molecule has 1 aromatic carbocycles. The molecule has 9 nitrogen and oxygen atoms in total. The quantitative estimate of drug-likeness (QED) is 0.485. The zero-order valence-corrected chi connectivity index (χ0v) is 13.0. The molecule has 2 aromatic heterocycles. The van der Waals surface area contributed by atoms with E-state index in [9.17, 15) is 24.5 Å². The van der Waals surface area contributed by atoms with Gasteiger partial charge in [-0.3, -0.25) is 4.79 Å². The zero-order chi connectivity index (χ0) is 17.9. The first-order valence-electron chi connectivity index (χ1n) is 7.56. The first kappa shape index (κ1) is 16.1. The molecule has 3 heterocycles. The van der Waals surface area contributed by atoms with E-state index < -0.39 is 42.0 Å². The lowest BCUT2D eigenvalue weighted by Crippen LogP contribution is -2.44. The van der Waals surface area contributed by atoms with Crippen LogP contribution in [0.2, 0.25) is 0 Å². The van der Waals surface area contributed by atoms with Crippen LogP contribution in [0.15, 0.2) is 23.3 Å². The van der Waals surface area contributed by atoms with E-state index in [2.05, 4.69) is 15.3 Å². The third-order valence-corrected chi connectivity index (χ3v) is 4.58.